The van der Waals surface area contributed by atoms with Crippen LogP contribution in [0.3, 0.4) is 0 Å². The van der Waals surface area contributed by atoms with Crippen LogP contribution in [0.1, 0.15) is 29.6 Å². The van der Waals surface area contributed by atoms with Gasteiger partial charge in [0.25, 0.3) is 5.69 Å². The number of rotatable bonds is 3. The number of nitrogens with one attached hydrogen (secondary N) is 1. The summed E-state index contributed by atoms with van der Waals surface area (Å²) in [6, 6.07) is 9.07. The lowest BCUT2D eigenvalue weighted by molar-refractivity contribution is -0.385. The van der Waals surface area contributed by atoms with Gasteiger partial charge in [0.15, 0.2) is 0 Å². The molecule has 1 aromatic carbocycles. The van der Waals surface area contributed by atoms with Crippen LogP contribution in [0.5, 0.6) is 5.75 Å². The van der Waals surface area contributed by atoms with E-state index in [1.54, 1.807) is 12.3 Å². The van der Waals surface area contributed by atoms with E-state index in [1.807, 2.05) is 18.2 Å². The van der Waals surface area contributed by atoms with E-state index in [9.17, 15) is 10.1 Å². The van der Waals surface area contributed by atoms with Gasteiger partial charge in [-0.2, -0.15) is 0 Å². The zero-order valence-electron chi connectivity index (χ0n) is 13.2. The average molecular weight is 323 g/mol. The third-order valence-corrected chi connectivity index (χ3v) is 4.85. The third kappa shape index (κ3) is 2.22. The summed E-state index contributed by atoms with van der Waals surface area (Å²) in [6.07, 6.45) is 7.00. The SMILES string of the molecule is COc1cc([N+](=O)[O-])cc2c1N[C@@H](c1ccccn1)[C@@H]1CC=C[C@@H]21. The summed E-state index contributed by atoms with van der Waals surface area (Å²) in [5.74, 6) is 0.917. The van der Waals surface area contributed by atoms with Gasteiger partial charge < -0.3 is 10.1 Å². The van der Waals surface area contributed by atoms with Gasteiger partial charge in [0.1, 0.15) is 5.75 Å². The van der Waals surface area contributed by atoms with Crippen molar-refractivity contribution in [1.29, 1.82) is 0 Å². The minimum absolute atomic E-state index is 0.0501. The number of hydrogen-bond donors (Lipinski definition) is 1. The van der Waals surface area contributed by atoms with Crippen molar-refractivity contribution in [3.8, 4) is 5.75 Å². The maximum absolute atomic E-state index is 11.2. The summed E-state index contributed by atoms with van der Waals surface area (Å²) in [6.45, 7) is 0. The van der Waals surface area contributed by atoms with Gasteiger partial charge in [-0.05, 0) is 30.0 Å². The number of nitro benzene ring substituents is 1. The Morgan fingerprint density at radius 1 is 1.38 bits per heavy atom. The molecule has 6 heteroatoms. The van der Waals surface area contributed by atoms with Gasteiger partial charge in [-0.25, -0.2) is 0 Å². The van der Waals surface area contributed by atoms with E-state index in [2.05, 4.69) is 22.5 Å². The Bertz CT molecular complexity index is 820. The smallest absolute Gasteiger partial charge is 0.273 e. The standard InChI is InChI=1S/C18H17N3O3/c1-24-16-10-11(21(22)23)9-14-12-5-4-6-13(12)17(20-18(14)16)15-7-2-3-8-19-15/h2-5,7-10,12-13,17,20H,6H2,1H3/t12-,13-,17-/m1/s1. The van der Waals surface area contributed by atoms with Crippen LogP contribution in [0.4, 0.5) is 11.4 Å². The fraction of sp³-hybridized carbons (Fsp3) is 0.278. The first-order valence-electron chi connectivity index (χ1n) is 7.89. The van der Waals surface area contributed by atoms with Crippen molar-refractivity contribution in [3.05, 3.63) is 70.1 Å². The fourth-order valence-electron chi connectivity index (χ4n) is 3.77. The zero-order valence-corrected chi connectivity index (χ0v) is 13.2. The monoisotopic (exact) mass is 323 g/mol. The van der Waals surface area contributed by atoms with Crippen LogP contribution in [0.15, 0.2) is 48.7 Å². The minimum atomic E-state index is -0.374. The molecule has 6 nitrogen and oxygen atoms in total. The minimum Gasteiger partial charge on any atom is -0.494 e. The second kappa shape index (κ2) is 5.63. The Balaban J connectivity index is 1.86. The predicted octanol–water partition coefficient (Wildman–Crippen LogP) is 3.82. The van der Waals surface area contributed by atoms with Gasteiger partial charge in [-0.3, -0.25) is 15.1 Å². The van der Waals surface area contributed by atoms with E-state index in [0.717, 1.165) is 23.4 Å². The summed E-state index contributed by atoms with van der Waals surface area (Å²) in [4.78, 5) is 15.4. The number of allylic oxidation sites excluding steroid dienone is 2. The van der Waals surface area contributed by atoms with Crippen molar-refractivity contribution in [3.63, 3.8) is 0 Å². The Morgan fingerprint density at radius 2 is 2.25 bits per heavy atom. The second-order valence-corrected chi connectivity index (χ2v) is 6.10. The lowest BCUT2D eigenvalue weighted by Crippen LogP contribution is -2.30. The molecule has 1 aromatic heterocycles. The number of aromatic nitrogens is 1. The molecule has 0 saturated heterocycles. The third-order valence-electron chi connectivity index (χ3n) is 4.85. The van der Waals surface area contributed by atoms with Crippen molar-refractivity contribution in [2.45, 2.75) is 18.4 Å². The number of hydrogen-bond acceptors (Lipinski definition) is 5. The number of benzene rings is 1. The molecule has 0 amide bonds. The molecule has 3 atom stereocenters. The van der Waals surface area contributed by atoms with Crippen LogP contribution in [-0.4, -0.2) is 17.0 Å². The Morgan fingerprint density at radius 3 is 2.96 bits per heavy atom. The highest BCUT2D eigenvalue weighted by Crippen LogP contribution is 2.52. The number of methoxy groups -OCH3 is 1. The molecule has 0 spiro atoms. The topological polar surface area (TPSA) is 77.3 Å². The molecule has 0 bridgehead atoms. The maximum atomic E-state index is 11.2. The number of anilines is 1. The van der Waals surface area contributed by atoms with Crippen molar-refractivity contribution in [2.75, 3.05) is 12.4 Å². The molecule has 0 saturated carbocycles. The van der Waals surface area contributed by atoms with Crippen LogP contribution in [0.2, 0.25) is 0 Å². The predicted molar refractivity (Wildman–Crippen MR) is 90.2 cm³/mol. The molecule has 1 aliphatic carbocycles. The van der Waals surface area contributed by atoms with Crippen LogP contribution >= 0.6 is 0 Å². The lowest BCUT2D eigenvalue weighted by Gasteiger charge is -2.37. The molecule has 0 unspecified atom stereocenters. The number of pyridine rings is 1. The largest absolute Gasteiger partial charge is 0.494 e. The number of ether oxygens (including phenoxy) is 1. The Labute approximate surface area is 139 Å². The average Bonchev–Trinajstić information content (AvgIpc) is 3.10. The van der Waals surface area contributed by atoms with E-state index >= 15 is 0 Å². The molecular formula is C18H17N3O3. The van der Waals surface area contributed by atoms with Gasteiger partial charge in [-0.15, -0.1) is 0 Å². The van der Waals surface area contributed by atoms with Gasteiger partial charge in [-0.1, -0.05) is 18.2 Å². The van der Waals surface area contributed by atoms with Crippen LogP contribution in [-0.2, 0) is 0 Å². The van der Waals surface area contributed by atoms with Crippen molar-refractivity contribution >= 4 is 11.4 Å². The Kier molecular flexibility index (Phi) is 3.45. The molecule has 2 heterocycles. The second-order valence-electron chi connectivity index (χ2n) is 6.10. The van der Waals surface area contributed by atoms with Crippen LogP contribution < -0.4 is 10.1 Å². The molecule has 24 heavy (non-hydrogen) atoms. The first kappa shape index (κ1) is 14.7. The summed E-state index contributed by atoms with van der Waals surface area (Å²) in [7, 11) is 1.54. The first-order valence-corrected chi connectivity index (χ1v) is 7.89. The highest BCUT2D eigenvalue weighted by Gasteiger charge is 2.40. The Hall–Kier alpha value is -2.89. The quantitative estimate of drug-likeness (QED) is 0.528. The van der Waals surface area contributed by atoms with E-state index in [4.69, 9.17) is 4.74 Å². The normalized spacial score (nSPS) is 24.0. The molecule has 1 N–H and O–H groups in total. The zero-order chi connectivity index (χ0) is 16.7. The number of nitrogens with zero attached hydrogens (tertiary/aromatic N) is 2. The van der Waals surface area contributed by atoms with E-state index in [1.165, 1.54) is 13.2 Å². The summed E-state index contributed by atoms with van der Waals surface area (Å²) in [5.41, 5.74) is 2.78. The van der Waals surface area contributed by atoms with Crippen molar-refractivity contribution in [1.82, 2.24) is 4.98 Å². The van der Waals surface area contributed by atoms with Gasteiger partial charge in [0, 0.05) is 18.2 Å². The van der Waals surface area contributed by atoms with E-state index in [0.29, 0.717) is 11.7 Å². The highest BCUT2D eigenvalue weighted by atomic mass is 16.6. The summed E-state index contributed by atoms with van der Waals surface area (Å²) >= 11 is 0. The molecule has 4 rings (SSSR count). The summed E-state index contributed by atoms with van der Waals surface area (Å²) < 4.78 is 5.42. The molecule has 0 fully saturated rings. The highest BCUT2D eigenvalue weighted by molar-refractivity contribution is 5.70. The maximum Gasteiger partial charge on any atom is 0.273 e. The fourth-order valence-corrected chi connectivity index (χ4v) is 3.77. The molecule has 2 aliphatic rings. The van der Waals surface area contributed by atoms with Crippen LogP contribution in [0.25, 0.3) is 0 Å². The van der Waals surface area contributed by atoms with Crippen LogP contribution in [0, 0.1) is 16.0 Å². The first-order chi connectivity index (χ1) is 11.7. The number of non-ortho nitro benzene ring substituents is 1. The summed E-state index contributed by atoms with van der Waals surface area (Å²) in [5, 5.41) is 14.8. The van der Waals surface area contributed by atoms with E-state index in [-0.39, 0.29) is 22.6 Å². The van der Waals surface area contributed by atoms with Crippen molar-refractivity contribution in [2.24, 2.45) is 5.92 Å². The van der Waals surface area contributed by atoms with E-state index < -0.39 is 0 Å². The number of fused-ring (bicyclic) bond motifs is 3. The molecule has 2 aromatic rings. The number of nitro groups is 1. The molecule has 0 radical (unpaired) electrons. The molecule has 1 aliphatic heterocycles. The van der Waals surface area contributed by atoms with Crippen molar-refractivity contribution < 1.29 is 9.66 Å². The van der Waals surface area contributed by atoms with Gasteiger partial charge >= 0.3 is 0 Å². The molecular weight excluding hydrogens is 306 g/mol. The lowest BCUT2D eigenvalue weighted by atomic mass is 9.78. The van der Waals surface area contributed by atoms with Gasteiger partial charge in [0.05, 0.1) is 35.5 Å². The molecule has 122 valence electrons. The van der Waals surface area contributed by atoms with Gasteiger partial charge in [0.2, 0.25) is 0 Å².